The van der Waals surface area contributed by atoms with Crippen molar-refractivity contribution in [3.63, 3.8) is 0 Å². The van der Waals surface area contributed by atoms with Gasteiger partial charge in [0.05, 0.1) is 0 Å². The maximum absolute atomic E-state index is 10.8. The summed E-state index contributed by atoms with van der Waals surface area (Å²) in [6, 6.07) is 0. The third kappa shape index (κ3) is 6.34. The van der Waals surface area contributed by atoms with Crippen LogP contribution in [0.2, 0.25) is 0 Å². The molecule has 0 saturated carbocycles. The third-order valence-corrected chi connectivity index (χ3v) is 1.89. The lowest BCUT2D eigenvalue weighted by molar-refractivity contribution is -0.116. The van der Waals surface area contributed by atoms with Crippen LogP contribution in [-0.2, 0) is 4.79 Å². The second-order valence-corrected chi connectivity index (χ2v) is 3.66. The second-order valence-electron chi connectivity index (χ2n) is 3.66. The molecule has 0 spiro atoms. The van der Waals surface area contributed by atoms with Gasteiger partial charge in [-0.15, -0.1) is 0 Å². The first-order chi connectivity index (χ1) is 6.02. The molecule has 0 aliphatic heterocycles. The molecule has 0 aromatic heterocycles. The molecule has 0 unspecified atom stereocenters. The van der Waals surface area contributed by atoms with Crippen molar-refractivity contribution in [1.82, 2.24) is 10.6 Å². The number of amides is 1. The van der Waals surface area contributed by atoms with Crippen molar-refractivity contribution in [2.24, 2.45) is 0 Å². The summed E-state index contributed by atoms with van der Waals surface area (Å²) in [6.45, 7) is 11.3. The molecule has 0 atom stereocenters. The van der Waals surface area contributed by atoms with E-state index in [0.717, 1.165) is 13.0 Å². The maximum atomic E-state index is 10.8. The zero-order valence-electron chi connectivity index (χ0n) is 8.81. The van der Waals surface area contributed by atoms with E-state index in [2.05, 4.69) is 38.0 Å². The van der Waals surface area contributed by atoms with Crippen molar-refractivity contribution in [3.8, 4) is 0 Å². The topological polar surface area (TPSA) is 41.1 Å². The summed E-state index contributed by atoms with van der Waals surface area (Å²) in [4.78, 5) is 10.8. The summed E-state index contributed by atoms with van der Waals surface area (Å²) in [5, 5.41) is 6.09. The summed E-state index contributed by atoms with van der Waals surface area (Å²) in [7, 11) is 0. The highest BCUT2D eigenvalue weighted by molar-refractivity contribution is 5.86. The molecule has 0 aromatic rings. The van der Waals surface area contributed by atoms with Crippen LogP contribution in [0, 0.1) is 0 Å². The van der Waals surface area contributed by atoms with Crippen molar-refractivity contribution in [2.45, 2.75) is 32.7 Å². The van der Waals surface area contributed by atoms with Gasteiger partial charge in [-0.1, -0.05) is 13.5 Å². The smallest absolute Gasteiger partial charge is 0.243 e. The zero-order valence-corrected chi connectivity index (χ0v) is 8.81. The fraction of sp³-hybridized carbons (Fsp3) is 0.700. The van der Waals surface area contributed by atoms with Gasteiger partial charge in [-0.25, -0.2) is 0 Å². The van der Waals surface area contributed by atoms with Crippen LogP contribution in [0.15, 0.2) is 12.7 Å². The summed E-state index contributed by atoms with van der Waals surface area (Å²) >= 11 is 0. The number of carbonyl (C=O) groups is 1. The lowest BCUT2D eigenvalue weighted by Gasteiger charge is -2.25. The fourth-order valence-electron chi connectivity index (χ4n) is 1.14. The molecule has 0 aromatic carbocycles. The zero-order chi connectivity index (χ0) is 10.3. The van der Waals surface area contributed by atoms with Gasteiger partial charge in [-0.2, -0.15) is 0 Å². The Morgan fingerprint density at radius 2 is 2.15 bits per heavy atom. The quantitative estimate of drug-likeness (QED) is 0.606. The number of hydrogen-bond acceptors (Lipinski definition) is 2. The molecular formula is C10H20N2O. The summed E-state index contributed by atoms with van der Waals surface area (Å²) in [5.41, 5.74) is 0.0865. The lowest BCUT2D eigenvalue weighted by atomic mass is 10.0. The van der Waals surface area contributed by atoms with E-state index in [1.54, 1.807) is 0 Å². The molecule has 3 nitrogen and oxygen atoms in total. The lowest BCUT2D eigenvalue weighted by Crippen LogP contribution is -2.42. The fourth-order valence-corrected chi connectivity index (χ4v) is 1.14. The standard InChI is InChI=1S/C10H20N2O/c1-5-9(13)11-8-7-10(3,4)12-6-2/h5,12H,1,6-8H2,2-4H3,(H,11,13). The van der Waals surface area contributed by atoms with Crippen LogP contribution in [0.4, 0.5) is 0 Å². The van der Waals surface area contributed by atoms with E-state index >= 15 is 0 Å². The Morgan fingerprint density at radius 3 is 2.62 bits per heavy atom. The van der Waals surface area contributed by atoms with E-state index in [0.29, 0.717) is 6.54 Å². The largest absolute Gasteiger partial charge is 0.353 e. The Bertz CT molecular complexity index is 176. The van der Waals surface area contributed by atoms with E-state index in [1.807, 2.05) is 0 Å². The van der Waals surface area contributed by atoms with E-state index < -0.39 is 0 Å². The maximum Gasteiger partial charge on any atom is 0.243 e. The Hall–Kier alpha value is -0.830. The normalized spacial score (nSPS) is 11.0. The molecule has 76 valence electrons. The summed E-state index contributed by atoms with van der Waals surface area (Å²) in [6.07, 6.45) is 2.21. The molecule has 3 heteroatoms. The SMILES string of the molecule is C=CC(=O)NCCC(C)(C)NCC. The molecule has 0 heterocycles. The van der Waals surface area contributed by atoms with E-state index in [4.69, 9.17) is 0 Å². The predicted octanol–water partition coefficient (Wildman–Crippen LogP) is 1.07. The Kier molecular flexibility index (Phi) is 5.39. The molecule has 0 saturated heterocycles. The average molecular weight is 184 g/mol. The first-order valence-corrected chi connectivity index (χ1v) is 4.67. The molecule has 1 amide bonds. The highest BCUT2D eigenvalue weighted by Crippen LogP contribution is 2.05. The van der Waals surface area contributed by atoms with Crippen molar-refractivity contribution in [2.75, 3.05) is 13.1 Å². The van der Waals surface area contributed by atoms with Gasteiger partial charge in [0.25, 0.3) is 0 Å². The molecule has 0 radical (unpaired) electrons. The minimum Gasteiger partial charge on any atom is -0.353 e. The van der Waals surface area contributed by atoms with Gasteiger partial charge in [0.2, 0.25) is 5.91 Å². The monoisotopic (exact) mass is 184 g/mol. The van der Waals surface area contributed by atoms with Crippen molar-refractivity contribution in [3.05, 3.63) is 12.7 Å². The highest BCUT2D eigenvalue weighted by atomic mass is 16.1. The summed E-state index contributed by atoms with van der Waals surface area (Å²) < 4.78 is 0. The number of nitrogens with one attached hydrogen (secondary N) is 2. The van der Waals surface area contributed by atoms with E-state index in [9.17, 15) is 4.79 Å². The van der Waals surface area contributed by atoms with Gasteiger partial charge in [0, 0.05) is 12.1 Å². The van der Waals surface area contributed by atoms with Crippen LogP contribution in [0.3, 0.4) is 0 Å². The Balaban J connectivity index is 3.62. The highest BCUT2D eigenvalue weighted by Gasteiger charge is 2.14. The van der Waals surface area contributed by atoms with Gasteiger partial charge in [-0.05, 0) is 32.9 Å². The van der Waals surface area contributed by atoms with Crippen LogP contribution in [-0.4, -0.2) is 24.5 Å². The van der Waals surface area contributed by atoms with Crippen LogP contribution in [0.5, 0.6) is 0 Å². The van der Waals surface area contributed by atoms with Crippen LogP contribution < -0.4 is 10.6 Å². The van der Waals surface area contributed by atoms with Crippen molar-refractivity contribution < 1.29 is 4.79 Å². The minimum absolute atomic E-state index is 0.0865. The van der Waals surface area contributed by atoms with Crippen LogP contribution in [0.25, 0.3) is 0 Å². The van der Waals surface area contributed by atoms with Crippen LogP contribution in [0.1, 0.15) is 27.2 Å². The number of rotatable bonds is 6. The third-order valence-electron chi connectivity index (χ3n) is 1.89. The van der Waals surface area contributed by atoms with Gasteiger partial charge in [-0.3, -0.25) is 4.79 Å². The van der Waals surface area contributed by atoms with Gasteiger partial charge >= 0.3 is 0 Å². The Labute approximate surface area is 80.6 Å². The van der Waals surface area contributed by atoms with E-state index in [1.165, 1.54) is 6.08 Å². The molecule has 0 aliphatic rings. The molecule has 2 N–H and O–H groups in total. The predicted molar refractivity (Wildman–Crippen MR) is 55.6 cm³/mol. The van der Waals surface area contributed by atoms with Crippen molar-refractivity contribution in [1.29, 1.82) is 0 Å². The molecule has 13 heavy (non-hydrogen) atoms. The summed E-state index contributed by atoms with van der Waals surface area (Å²) in [5.74, 6) is -0.104. The van der Waals surface area contributed by atoms with E-state index in [-0.39, 0.29) is 11.4 Å². The minimum atomic E-state index is -0.104. The first-order valence-electron chi connectivity index (χ1n) is 4.67. The average Bonchev–Trinajstić information content (AvgIpc) is 2.03. The van der Waals surface area contributed by atoms with Gasteiger partial charge in [0.15, 0.2) is 0 Å². The first kappa shape index (κ1) is 12.2. The Morgan fingerprint density at radius 1 is 1.54 bits per heavy atom. The number of hydrogen-bond donors (Lipinski definition) is 2. The number of carbonyl (C=O) groups excluding carboxylic acids is 1. The molecule has 0 aliphatic carbocycles. The van der Waals surface area contributed by atoms with Crippen LogP contribution >= 0.6 is 0 Å². The van der Waals surface area contributed by atoms with Gasteiger partial charge < -0.3 is 10.6 Å². The molecule has 0 bridgehead atoms. The molecule has 0 fully saturated rings. The second kappa shape index (κ2) is 5.75. The molecule has 0 rings (SSSR count). The van der Waals surface area contributed by atoms with Gasteiger partial charge in [0.1, 0.15) is 0 Å². The van der Waals surface area contributed by atoms with Crippen molar-refractivity contribution >= 4 is 5.91 Å². The molecular weight excluding hydrogens is 164 g/mol.